The fourth-order valence-electron chi connectivity index (χ4n) is 1.49. The molecule has 0 aliphatic heterocycles. The lowest BCUT2D eigenvalue weighted by Gasteiger charge is -2.12. The van der Waals surface area contributed by atoms with Gasteiger partial charge in [0, 0.05) is 13.1 Å². The summed E-state index contributed by atoms with van der Waals surface area (Å²) >= 11 is 6.12. The second-order valence-corrected chi connectivity index (χ2v) is 4.95. The van der Waals surface area contributed by atoms with E-state index in [0.717, 1.165) is 12.0 Å². The van der Waals surface area contributed by atoms with Gasteiger partial charge in [0.25, 0.3) is 0 Å². The maximum atomic E-state index is 11.4. The van der Waals surface area contributed by atoms with Gasteiger partial charge >= 0.3 is 6.03 Å². The number of nitrogens with one attached hydrogen (secondary N) is 2. The molecule has 0 bridgehead atoms. The number of halogens is 1. The van der Waals surface area contributed by atoms with Crippen LogP contribution >= 0.6 is 11.6 Å². The highest BCUT2D eigenvalue weighted by Crippen LogP contribution is 2.26. The van der Waals surface area contributed by atoms with Crippen LogP contribution in [-0.4, -0.2) is 18.7 Å². The molecule has 1 aromatic rings. The third-order valence-electron chi connectivity index (χ3n) is 2.35. The number of ether oxygens (including phenoxy) is 1. The summed E-state index contributed by atoms with van der Waals surface area (Å²) in [6.45, 7) is 7.02. The van der Waals surface area contributed by atoms with Gasteiger partial charge in [-0.3, -0.25) is 0 Å². The van der Waals surface area contributed by atoms with Crippen LogP contribution in [0, 0.1) is 0 Å². The Hall–Kier alpha value is -1.42. The molecule has 106 valence electrons. The van der Waals surface area contributed by atoms with E-state index >= 15 is 0 Å². The van der Waals surface area contributed by atoms with Crippen molar-refractivity contribution < 1.29 is 9.53 Å². The molecular formula is C14H21ClN2O2. The molecule has 0 atom stereocenters. The molecule has 0 heterocycles. The quantitative estimate of drug-likeness (QED) is 0.842. The van der Waals surface area contributed by atoms with Gasteiger partial charge in [-0.05, 0) is 38.0 Å². The number of hydrogen-bond donors (Lipinski definition) is 2. The molecule has 0 radical (unpaired) electrons. The average molecular weight is 285 g/mol. The Balaban J connectivity index is 2.51. The highest BCUT2D eigenvalue weighted by molar-refractivity contribution is 6.32. The van der Waals surface area contributed by atoms with Crippen LogP contribution in [0.2, 0.25) is 5.02 Å². The van der Waals surface area contributed by atoms with E-state index in [4.69, 9.17) is 16.3 Å². The van der Waals surface area contributed by atoms with Crippen LogP contribution < -0.4 is 15.4 Å². The van der Waals surface area contributed by atoms with Crippen LogP contribution in [0.3, 0.4) is 0 Å². The largest absolute Gasteiger partial charge is 0.489 e. The van der Waals surface area contributed by atoms with Gasteiger partial charge in [0.2, 0.25) is 0 Å². The average Bonchev–Trinajstić information content (AvgIpc) is 2.36. The Bertz CT molecular complexity index is 422. The Morgan fingerprint density at radius 3 is 2.68 bits per heavy atom. The molecule has 0 unspecified atom stereocenters. The summed E-state index contributed by atoms with van der Waals surface area (Å²) in [4.78, 5) is 11.4. The van der Waals surface area contributed by atoms with Crippen molar-refractivity contribution in [2.24, 2.45) is 0 Å². The minimum absolute atomic E-state index is 0.0845. The van der Waals surface area contributed by atoms with Crippen LogP contribution in [-0.2, 0) is 6.54 Å². The van der Waals surface area contributed by atoms with E-state index in [2.05, 4.69) is 10.6 Å². The summed E-state index contributed by atoms with van der Waals surface area (Å²) in [5.74, 6) is 0.663. The fraction of sp³-hybridized carbons (Fsp3) is 0.500. The standard InChI is InChI=1S/C14H21ClN2O2/c1-4-7-16-14(18)17-9-11-5-6-13(12(15)8-11)19-10(2)3/h5-6,8,10H,4,7,9H2,1-3H3,(H2,16,17,18). The van der Waals surface area contributed by atoms with Crippen molar-refractivity contribution in [3.8, 4) is 5.75 Å². The van der Waals surface area contributed by atoms with E-state index in [-0.39, 0.29) is 12.1 Å². The predicted molar refractivity (Wildman–Crippen MR) is 77.7 cm³/mol. The summed E-state index contributed by atoms with van der Waals surface area (Å²) < 4.78 is 5.55. The van der Waals surface area contributed by atoms with Gasteiger partial charge in [0.05, 0.1) is 11.1 Å². The SMILES string of the molecule is CCCNC(=O)NCc1ccc(OC(C)C)c(Cl)c1. The normalized spacial score (nSPS) is 10.4. The van der Waals surface area contributed by atoms with Crippen LogP contribution in [0.4, 0.5) is 4.79 Å². The van der Waals surface area contributed by atoms with E-state index in [1.807, 2.05) is 32.9 Å². The minimum atomic E-state index is -0.166. The zero-order valence-corrected chi connectivity index (χ0v) is 12.4. The molecule has 1 rings (SSSR count). The highest BCUT2D eigenvalue weighted by atomic mass is 35.5. The van der Waals surface area contributed by atoms with Gasteiger partial charge in [0.15, 0.2) is 0 Å². The van der Waals surface area contributed by atoms with Crippen molar-refractivity contribution in [2.75, 3.05) is 6.54 Å². The summed E-state index contributed by atoms with van der Waals surface area (Å²) in [6.07, 6.45) is 1.00. The Kier molecular flexibility index (Phi) is 6.50. The van der Waals surface area contributed by atoms with Crippen molar-refractivity contribution >= 4 is 17.6 Å². The van der Waals surface area contributed by atoms with Gasteiger partial charge in [-0.25, -0.2) is 4.79 Å². The summed E-state index contributed by atoms with van der Waals surface area (Å²) in [5.41, 5.74) is 0.938. The molecule has 0 aliphatic carbocycles. The van der Waals surface area contributed by atoms with Crippen molar-refractivity contribution in [3.63, 3.8) is 0 Å². The van der Waals surface area contributed by atoms with Crippen molar-refractivity contribution in [1.29, 1.82) is 0 Å². The molecule has 0 spiro atoms. The molecule has 0 saturated carbocycles. The van der Waals surface area contributed by atoms with Gasteiger partial charge in [0.1, 0.15) is 5.75 Å². The zero-order chi connectivity index (χ0) is 14.3. The zero-order valence-electron chi connectivity index (χ0n) is 11.6. The summed E-state index contributed by atoms with van der Waals surface area (Å²) in [5, 5.41) is 6.08. The third-order valence-corrected chi connectivity index (χ3v) is 2.64. The minimum Gasteiger partial charge on any atom is -0.489 e. The first-order chi connectivity index (χ1) is 9.02. The fourth-order valence-corrected chi connectivity index (χ4v) is 1.73. The predicted octanol–water partition coefficient (Wildman–Crippen LogP) is 3.34. The number of rotatable bonds is 6. The van der Waals surface area contributed by atoms with Crippen LogP contribution in [0.5, 0.6) is 5.75 Å². The monoisotopic (exact) mass is 284 g/mol. The number of carbonyl (C=O) groups excluding carboxylic acids is 1. The van der Waals surface area contributed by atoms with Gasteiger partial charge < -0.3 is 15.4 Å². The third kappa shape index (κ3) is 5.83. The van der Waals surface area contributed by atoms with Gasteiger partial charge in [-0.1, -0.05) is 24.6 Å². The van der Waals surface area contributed by atoms with Crippen LogP contribution in [0.15, 0.2) is 18.2 Å². The van der Waals surface area contributed by atoms with E-state index in [1.54, 1.807) is 6.07 Å². The van der Waals surface area contributed by atoms with Crippen molar-refractivity contribution in [3.05, 3.63) is 28.8 Å². The first kappa shape index (κ1) is 15.6. The first-order valence-corrected chi connectivity index (χ1v) is 6.87. The maximum Gasteiger partial charge on any atom is 0.315 e. The van der Waals surface area contributed by atoms with E-state index in [1.165, 1.54) is 0 Å². The highest BCUT2D eigenvalue weighted by Gasteiger charge is 2.06. The van der Waals surface area contributed by atoms with Crippen LogP contribution in [0.25, 0.3) is 0 Å². The lowest BCUT2D eigenvalue weighted by Crippen LogP contribution is -2.35. The second-order valence-electron chi connectivity index (χ2n) is 4.54. The molecule has 4 nitrogen and oxygen atoms in total. The van der Waals surface area contributed by atoms with Crippen LogP contribution in [0.1, 0.15) is 32.8 Å². The maximum absolute atomic E-state index is 11.4. The van der Waals surface area contributed by atoms with Gasteiger partial charge in [-0.2, -0.15) is 0 Å². The van der Waals surface area contributed by atoms with Gasteiger partial charge in [-0.15, -0.1) is 0 Å². The summed E-state index contributed by atoms with van der Waals surface area (Å²) in [7, 11) is 0. The molecule has 0 aliphatic rings. The summed E-state index contributed by atoms with van der Waals surface area (Å²) in [6, 6.07) is 5.35. The lowest BCUT2D eigenvalue weighted by molar-refractivity contribution is 0.240. The lowest BCUT2D eigenvalue weighted by atomic mass is 10.2. The second kappa shape index (κ2) is 7.89. The molecule has 5 heteroatoms. The van der Waals surface area contributed by atoms with Crippen molar-refractivity contribution in [1.82, 2.24) is 10.6 Å². The first-order valence-electron chi connectivity index (χ1n) is 6.49. The Morgan fingerprint density at radius 2 is 2.11 bits per heavy atom. The van der Waals surface area contributed by atoms with E-state index in [9.17, 15) is 4.79 Å². The van der Waals surface area contributed by atoms with Crippen molar-refractivity contribution in [2.45, 2.75) is 39.8 Å². The van der Waals surface area contributed by atoms with E-state index < -0.39 is 0 Å². The molecular weight excluding hydrogens is 264 g/mol. The molecule has 2 amide bonds. The molecule has 0 aromatic heterocycles. The molecule has 19 heavy (non-hydrogen) atoms. The topological polar surface area (TPSA) is 50.4 Å². The number of hydrogen-bond acceptors (Lipinski definition) is 2. The molecule has 1 aromatic carbocycles. The van der Waals surface area contributed by atoms with E-state index in [0.29, 0.717) is 23.9 Å². The molecule has 0 saturated heterocycles. The Morgan fingerprint density at radius 1 is 1.37 bits per heavy atom. The number of carbonyl (C=O) groups is 1. The number of urea groups is 1. The number of amides is 2. The smallest absolute Gasteiger partial charge is 0.315 e. The Labute approximate surface area is 119 Å². The molecule has 0 fully saturated rings. The molecule has 2 N–H and O–H groups in total. The number of benzene rings is 1.